The number of methoxy groups -OCH3 is 2. The van der Waals surface area contributed by atoms with Crippen molar-refractivity contribution in [2.45, 2.75) is 13.0 Å². The number of hydrogen-bond acceptors (Lipinski definition) is 7. The Morgan fingerprint density at radius 2 is 1.97 bits per heavy atom. The van der Waals surface area contributed by atoms with Gasteiger partial charge in [0.2, 0.25) is 0 Å². The van der Waals surface area contributed by atoms with Crippen LogP contribution < -0.4 is 20.7 Å². The van der Waals surface area contributed by atoms with Crippen LogP contribution >= 0.6 is 11.6 Å². The number of benzene rings is 2. The lowest BCUT2D eigenvalue weighted by atomic mass is 10.2. The predicted octanol–water partition coefficient (Wildman–Crippen LogP) is 2.17. The normalized spacial score (nSPS) is 12.1. The fourth-order valence-corrected chi connectivity index (χ4v) is 2.95. The van der Waals surface area contributed by atoms with E-state index in [9.17, 15) is 14.4 Å². The zero-order valence-corrected chi connectivity index (χ0v) is 17.1. The molecule has 1 atom stereocenters. The highest BCUT2D eigenvalue weighted by Gasteiger charge is 2.20. The zero-order valence-electron chi connectivity index (χ0n) is 16.3. The van der Waals surface area contributed by atoms with Gasteiger partial charge in [-0.2, -0.15) is 5.10 Å². The van der Waals surface area contributed by atoms with Crippen molar-refractivity contribution in [1.82, 2.24) is 9.66 Å². The molecule has 3 aromatic rings. The number of para-hydroxylation sites is 1. The van der Waals surface area contributed by atoms with E-state index in [0.29, 0.717) is 20.6 Å². The van der Waals surface area contributed by atoms with Gasteiger partial charge in [-0.1, -0.05) is 23.7 Å². The summed E-state index contributed by atoms with van der Waals surface area (Å²) in [6.07, 6.45) is 0.267. The summed E-state index contributed by atoms with van der Waals surface area (Å²) in [5.74, 6) is -0.217. The van der Waals surface area contributed by atoms with Gasteiger partial charge >= 0.3 is 11.7 Å². The summed E-state index contributed by atoms with van der Waals surface area (Å²) in [6, 6.07) is 9.57. The number of rotatable bonds is 6. The number of carbonyl (C=O) groups excluding carboxylic acids is 1. The van der Waals surface area contributed by atoms with E-state index in [0.717, 1.165) is 0 Å². The van der Waals surface area contributed by atoms with Crippen LogP contribution in [0.4, 0.5) is 0 Å². The van der Waals surface area contributed by atoms with E-state index in [4.69, 9.17) is 21.1 Å². The maximum atomic E-state index is 12.6. The Labute approximate surface area is 175 Å². The monoisotopic (exact) mass is 431 g/mol. The van der Waals surface area contributed by atoms with E-state index in [1.54, 1.807) is 24.3 Å². The average molecular weight is 432 g/mol. The Hall–Kier alpha value is -3.59. The fraction of sp³-hybridized carbons (Fsp3) is 0.200. The van der Waals surface area contributed by atoms with Crippen molar-refractivity contribution < 1.29 is 19.0 Å². The molecule has 1 unspecified atom stereocenters. The van der Waals surface area contributed by atoms with Crippen LogP contribution in [-0.4, -0.2) is 42.2 Å². The third-order valence-corrected chi connectivity index (χ3v) is 4.41. The predicted molar refractivity (Wildman–Crippen MR) is 112 cm³/mol. The van der Waals surface area contributed by atoms with Crippen LogP contribution in [-0.2, 0) is 9.53 Å². The van der Waals surface area contributed by atoms with Crippen molar-refractivity contribution >= 4 is 34.7 Å². The Kier molecular flexibility index (Phi) is 6.22. The summed E-state index contributed by atoms with van der Waals surface area (Å²) < 4.78 is 16.3. The van der Waals surface area contributed by atoms with Crippen molar-refractivity contribution in [1.29, 1.82) is 0 Å². The van der Waals surface area contributed by atoms with E-state index < -0.39 is 23.3 Å². The third-order valence-electron chi connectivity index (χ3n) is 4.19. The molecule has 1 N–H and O–H groups in total. The fourth-order valence-electron chi connectivity index (χ4n) is 2.73. The molecule has 0 fully saturated rings. The standard InChI is InChI=1S/C20H18ClN3O6/c1-11(19(26)29-3)30-17-12(8-13(21)9-16(17)28-2)10-22-24-18(25)14-6-4-5-7-15(14)23-20(24)27/h4-11H,1-3H3,(H,23,27). The number of aromatic amines is 1. The number of aromatic nitrogens is 2. The molecule has 0 saturated carbocycles. The molecule has 156 valence electrons. The van der Waals surface area contributed by atoms with Crippen LogP contribution in [0.15, 0.2) is 51.1 Å². The van der Waals surface area contributed by atoms with Gasteiger partial charge in [-0.25, -0.2) is 9.59 Å². The molecule has 0 bridgehead atoms. The largest absolute Gasteiger partial charge is 0.493 e. The highest BCUT2D eigenvalue weighted by molar-refractivity contribution is 6.31. The van der Waals surface area contributed by atoms with Gasteiger partial charge in [-0.3, -0.25) is 4.79 Å². The van der Waals surface area contributed by atoms with Crippen LogP contribution in [0.5, 0.6) is 11.5 Å². The van der Waals surface area contributed by atoms with Gasteiger partial charge in [0.25, 0.3) is 5.56 Å². The van der Waals surface area contributed by atoms with Crippen molar-refractivity contribution in [3.8, 4) is 11.5 Å². The average Bonchev–Trinajstić information content (AvgIpc) is 2.74. The first-order valence-corrected chi connectivity index (χ1v) is 9.14. The molecule has 3 rings (SSSR count). The number of hydrogen-bond donors (Lipinski definition) is 1. The summed E-state index contributed by atoms with van der Waals surface area (Å²) in [5, 5.41) is 4.60. The molecular formula is C20H18ClN3O6. The van der Waals surface area contributed by atoms with Crippen molar-refractivity contribution in [2.24, 2.45) is 5.10 Å². The van der Waals surface area contributed by atoms with Gasteiger partial charge in [0.05, 0.1) is 31.3 Å². The molecule has 9 nitrogen and oxygen atoms in total. The van der Waals surface area contributed by atoms with Crippen molar-refractivity contribution in [3.05, 3.63) is 67.8 Å². The third kappa shape index (κ3) is 4.20. The molecular weight excluding hydrogens is 414 g/mol. The van der Waals surface area contributed by atoms with E-state index in [2.05, 4.69) is 14.8 Å². The highest BCUT2D eigenvalue weighted by Crippen LogP contribution is 2.34. The van der Waals surface area contributed by atoms with Gasteiger partial charge in [0.1, 0.15) is 0 Å². The maximum Gasteiger partial charge on any atom is 0.349 e. The molecule has 0 amide bonds. The summed E-state index contributed by atoms with van der Waals surface area (Å²) in [4.78, 5) is 39.3. The van der Waals surface area contributed by atoms with Gasteiger partial charge in [-0.05, 0) is 25.1 Å². The number of carbonyl (C=O) groups is 1. The molecule has 10 heteroatoms. The molecule has 1 aromatic heterocycles. The first kappa shape index (κ1) is 21.1. The van der Waals surface area contributed by atoms with E-state index in [1.807, 2.05) is 0 Å². The molecule has 2 aromatic carbocycles. The van der Waals surface area contributed by atoms with Crippen molar-refractivity contribution in [3.63, 3.8) is 0 Å². The maximum absolute atomic E-state index is 12.6. The number of fused-ring (bicyclic) bond motifs is 1. The smallest absolute Gasteiger partial charge is 0.349 e. The molecule has 1 heterocycles. The van der Waals surface area contributed by atoms with Gasteiger partial charge in [-0.15, -0.1) is 4.68 Å². The first-order chi connectivity index (χ1) is 14.3. The van der Waals surface area contributed by atoms with Gasteiger partial charge < -0.3 is 19.2 Å². The molecule has 0 aliphatic carbocycles. The van der Waals surface area contributed by atoms with E-state index in [-0.39, 0.29) is 17.1 Å². The summed E-state index contributed by atoms with van der Waals surface area (Å²) in [5.41, 5.74) is -0.617. The minimum absolute atomic E-state index is 0.147. The number of H-pyrrole nitrogens is 1. The number of halogens is 1. The quantitative estimate of drug-likeness (QED) is 0.473. The summed E-state index contributed by atoms with van der Waals surface area (Å²) in [7, 11) is 2.64. The van der Waals surface area contributed by atoms with Crippen molar-refractivity contribution in [2.75, 3.05) is 14.2 Å². The second kappa shape index (κ2) is 8.83. The summed E-state index contributed by atoms with van der Waals surface area (Å²) in [6.45, 7) is 1.50. The lowest BCUT2D eigenvalue weighted by Crippen LogP contribution is -2.32. The van der Waals surface area contributed by atoms with Crippen LogP contribution in [0.1, 0.15) is 12.5 Å². The van der Waals surface area contributed by atoms with E-state index >= 15 is 0 Å². The van der Waals surface area contributed by atoms with Crippen LogP contribution in [0, 0.1) is 0 Å². The second-order valence-electron chi connectivity index (χ2n) is 6.15. The van der Waals surface area contributed by atoms with Crippen LogP contribution in [0.25, 0.3) is 10.9 Å². The topological polar surface area (TPSA) is 112 Å². The summed E-state index contributed by atoms with van der Waals surface area (Å²) >= 11 is 6.12. The number of nitrogens with zero attached hydrogens (tertiary/aromatic N) is 2. The Bertz CT molecular complexity index is 1250. The highest BCUT2D eigenvalue weighted by atomic mass is 35.5. The molecule has 0 radical (unpaired) electrons. The Morgan fingerprint density at radius 1 is 1.23 bits per heavy atom. The second-order valence-corrected chi connectivity index (χ2v) is 6.58. The minimum Gasteiger partial charge on any atom is -0.493 e. The molecule has 0 aliphatic heterocycles. The molecule has 0 spiro atoms. The lowest BCUT2D eigenvalue weighted by Gasteiger charge is -2.17. The van der Waals surface area contributed by atoms with Crippen LogP contribution in [0.2, 0.25) is 5.02 Å². The zero-order chi connectivity index (χ0) is 21.8. The van der Waals surface area contributed by atoms with Gasteiger partial charge in [0.15, 0.2) is 17.6 Å². The number of nitrogens with one attached hydrogen (secondary N) is 1. The minimum atomic E-state index is -0.955. The molecule has 0 saturated heterocycles. The molecule has 30 heavy (non-hydrogen) atoms. The number of esters is 1. The van der Waals surface area contributed by atoms with Gasteiger partial charge in [0, 0.05) is 16.7 Å². The van der Waals surface area contributed by atoms with E-state index in [1.165, 1.54) is 39.5 Å². The number of ether oxygens (including phenoxy) is 3. The molecule has 0 aliphatic rings. The SMILES string of the molecule is COC(=O)C(C)Oc1c(C=Nn2c(=O)[nH]c3ccccc3c2=O)cc(Cl)cc1OC. The van der Waals surface area contributed by atoms with Crippen LogP contribution in [0.3, 0.4) is 0 Å². The Balaban J connectivity index is 2.10. The first-order valence-electron chi connectivity index (χ1n) is 8.76. The Morgan fingerprint density at radius 3 is 2.67 bits per heavy atom. The lowest BCUT2D eigenvalue weighted by molar-refractivity contribution is -0.147.